The number of aryl methyl sites for hydroxylation is 1. The fourth-order valence-corrected chi connectivity index (χ4v) is 2.06. The van der Waals surface area contributed by atoms with Crippen molar-refractivity contribution in [2.24, 2.45) is 5.73 Å². The van der Waals surface area contributed by atoms with Crippen molar-refractivity contribution in [2.45, 2.75) is 26.3 Å². The number of hydrogen-bond acceptors (Lipinski definition) is 3. The molecule has 0 bridgehead atoms. The number of nitrogens with two attached hydrogens (primary N) is 1. The molecule has 90 valence electrons. The Balaban J connectivity index is 3.60. The molecule has 0 saturated heterocycles. The lowest BCUT2D eigenvalue weighted by atomic mass is 9.92. The summed E-state index contributed by atoms with van der Waals surface area (Å²) in [5.74, 6) is 1.25. The predicted octanol–water partition coefficient (Wildman–Crippen LogP) is 2.86. The van der Waals surface area contributed by atoms with E-state index in [1.165, 1.54) is 0 Å². The Bertz CT molecular complexity index is 397. The maximum absolute atomic E-state index is 6.28. The molecule has 0 fully saturated rings. The SMILES string of the molecule is COc1cc(C)c(Cl)c(C(C)(C)N)c1OC. The summed E-state index contributed by atoms with van der Waals surface area (Å²) in [7, 11) is 3.18. The minimum Gasteiger partial charge on any atom is -0.493 e. The summed E-state index contributed by atoms with van der Waals surface area (Å²) >= 11 is 6.28. The van der Waals surface area contributed by atoms with Crippen LogP contribution in [0, 0.1) is 6.92 Å². The lowest BCUT2D eigenvalue weighted by Gasteiger charge is -2.25. The molecule has 0 aliphatic heterocycles. The third-order valence-corrected chi connectivity index (χ3v) is 2.92. The molecule has 3 nitrogen and oxygen atoms in total. The van der Waals surface area contributed by atoms with Crippen LogP contribution in [0.3, 0.4) is 0 Å². The first kappa shape index (κ1) is 13.1. The average Bonchev–Trinajstić information content (AvgIpc) is 2.19. The third-order valence-electron chi connectivity index (χ3n) is 2.43. The van der Waals surface area contributed by atoms with Crippen molar-refractivity contribution < 1.29 is 9.47 Å². The number of benzene rings is 1. The van der Waals surface area contributed by atoms with Crippen LogP contribution in [0.4, 0.5) is 0 Å². The Morgan fingerprint density at radius 1 is 1.25 bits per heavy atom. The molecule has 4 heteroatoms. The van der Waals surface area contributed by atoms with Crippen LogP contribution >= 0.6 is 11.6 Å². The van der Waals surface area contributed by atoms with E-state index in [0.29, 0.717) is 16.5 Å². The van der Waals surface area contributed by atoms with E-state index in [9.17, 15) is 0 Å². The second kappa shape index (κ2) is 4.52. The molecule has 0 spiro atoms. The summed E-state index contributed by atoms with van der Waals surface area (Å²) in [5.41, 5.74) is 7.22. The van der Waals surface area contributed by atoms with Gasteiger partial charge in [-0.15, -0.1) is 0 Å². The van der Waals surface area contributed by atoms with Crippen molar-refractivity contribution in [3.63, 3.8) is 0 Å². The minimum absolute atomic E-state index is 0.582. The van der Waals surface area contributed by atoms with Gasteiger partial charge in [-0.1, -0.05) is 11.6 Å². The molecule has 0 aliphatic carbocycles. The van der Waals surface area contributed by atoms with E-state index >= 15 is 0 Å². The monoisotopic (exact) mass is 243 g/mol. The highest BCUT2D eigenvalue weighted by molar-refractivity contribution is 6.32. The second-order valence-corrected chi connectivity index (χ2v) is 4.72. The fraction of sp³-hybridized carbons (Fsp3) is 0.500. The summed E-state index contributed by atoms with van der Waals surface area (Å²) in [6.07, 6.45) is 0. The van der Waals surface area contributed by atoms with Gasteiger partial charge in [-0.2, -0.15) is 0 Å². The van der Waals surface area contributed by atoms with Crippen LogP contribution in [0.25, 0.3) is 0 Å². The first-order valence-corrected chi connectivity index (χ1v) is 5.41. The molecule has 0 aliphatic rings. The van der Waals surface area contributed by atoms with Gasteiger partial charge in [0.25, 0.3) is 0 Å². The summed E-state index contributed by atoms with van der Waals surface area (Å²) < 4.78 is 10.6. The number of rotatable bonds is 3. The van der Waals surface area contributed by atoms with E-state index < -0.39 is 5.54 Å². The third kappa shape index (κ3) is 2.25. The van der Waals surface area contributed by atoms with Crippen LogP contribution < -0.4 is 15.2 Å². The van der Waals surface area contributed by atoms with E-state index in [1.54, 1.807) is 14.2 Å². The van der Waals surface area contributed by atoms with Crippen LogP contribution in [0.2, 0.25) is 5.02 Å². The predicted molar refractivity (Wildman–Crippen MR) is 66.5 cm³/mol. The maximum atomic E-state index is 6.28. The summed E-state index contributed by atoms with van der Waals surface area (Å²) in [4.78, 5) is 0. The van der Waals surface area contributed by atoms with Crippen molar-refractivity contribution in [1.82, 2.24) is 0 Å². The van der Waals surface area contributed by atoms with E-state index in [-0.39, 0.29) is 0 Å². The smallest absolute Gasteiger partial charge is 0.167 e. The van der Waals surface area contributed by atoms with Gasteiger partial charge in [0.15, 0.2) is 11.5 Å². The van der Waals surface area contributed by atoms with Crippen molar-refractivity contribution >= 4 is 11.6 Å². The minimum atomic E-state index is -0.582. The molecule has 1 aromatic rings. The van der Waals surface area contributed by atoms with Gasteiger partial charge >= 0.3 is 0 Å². The molecule has 0 heterocycles. The van der Waals surface area contributed by atoms with Crippen molar-refractivity contribution in [3.8, 4) is 11.5 Å². The first-order chi connectivity index (χ1) is 7.32. The highest BCUT2D eigenvalue weighted by Crippen LogP contribution is 2.42. The number of ether oxygens (including phenoxy) is 2. The van der Waals surface area contributed by atoms with Crippen LogP contribution in [-0.4, -0.2) is 14.2 Å². The van der Waals surface area contributed by atoms with Crippen LogP contribution in [0.15, 0.2) is 6.07 Å². The lowest BCUT2D eigenvalue weighted by molar-refractivity contribution is 0.343. The van der Waals surface area contributed by atoms with Crippen molar-refractivity contribution in [3.05, 3.63) is 22.2 Å². The number of methoxy groups -OCH3 is 2. The van der Waals surface area contributed by atoms with Crippen molar-refractivity contribution in [1.29, 1.82) is 0 Å². The summed E-state index contributed by atoms with van der Waals surface area (Å²) in [6, 6.07) is 1.84. The zero-order valence-corrected chi connectivity index (χ0v) is 11.1. The molecule has 16 heavy (non-hydrogen) atoms. The second-order valence-electron chi connectivity index (χ2n) is 4.34. The Morgan fingerprint density at radius 2 is 1.81 bits per heavy atom. The van der Waals surface area contributed by atoms with Gasteiger partial charge in [0.1, 0.15) is 0 Å². The van der Waals surface area contributed by atoms with E-state index in [2.05, 4.69) is 0 Å². The van der Waals surface area contributed by atoms with Gasteiger partial charge in [-0.05, 0) is 32.4 Å². The molecule has 0 atom stereocenters. The van der Waals surface area contributed by atoms with Gasteiger partial charge < -0.3 is 15.2 Å². The summed E-state index contributed by atoms with van der Waals surface area (Å²) in [5, 5.41) is 0.630. The quantitative estimate of drug-likeness (QED) is 0.888. The lowest BCUT2D eigenvalue weighted by Crippen LogP contribution is -2.30. The maximum Gasteiger partial charge on any atom is 0.167 e. The largest absolute Gasteiger partial charge is 0.493 e. The van der Waals surface area contributed by atoms with Gasteiger partial charge in [-0.3, -0.25) is 0 Å². The Morgan fingerprint density at radius 3 is 2.19 bits per heavy atom. The fourth-order valence-electron chi connectivity index (χ4n) is 1.68. The molecule has 0 unspecified atom stereocenters. The molecule has 2 N–H and O–H groups in total. The van der Waals surface area contributed by atoms with Gasteiger partial charge in [0, 0.05) is 11.1 Å². The average molecular weight is 244 g/mol. The zero-order chi connectivity index (χ0) is 12.5. The molecule has 1 aromatic carbocycles. The van der Waals surface area contributed by atoms with Gasteiger partial charge in [0.05, 0.1) is 19.2 Å². The van der Waals surface area contributed by atoms with Crippen LogP contribution in [0.5, 0.6) is 11.5 Å². The van der Waals surface area contributed by atoms with E-state index in [1.807, 2.05) is 26.8 Å². The topological polar surface area (TPSA) is 44.5 Å². The highest BCUT2D eigenvalue weighted by Gasteiger charge is 2.26. The van der Waals surface area contributed by atoms with Crippen LogP contribution in [-0.2, 0) is 5.54 Å². The zero-order valence-electron chi connectivity index (χ0n) is 10.3. The molecule has 0 aromatic heterocycles. The molecular formula is C12H18ClNO2. The standard InChI is InChI=1S/C12H18ClNO2/c1-7-6-8(15-4)11(16-5)9(10(7)13)12(2,3)14/h6H,14H2,1-5H3. The molecule has 0 saturated carbocycles. The van der Waals surface area contributed by atoms with E-state index in [4.69, 9.17) is 26.8 Å². The Kier molecular flexibility index (Phi) is 3.71. The van der Waals surface area contributed by atoms with Crippen molar-refractivity contribution in [2.75, 3.05) is 14.2 Å². The normalized spacial score (nSPS) is 11.4. The summed E-state index contributed by atoms with van der Waals surface area (Å²) in [6.45, 7) is 5.69. The van der Waals surface area contributed by atoms with E-state index in [0.717, 1.165) is 11.1 Å². The van der Waals surface area contributed by atoms with Gasteiger partial charge in [0.2, 0.25) is 0 Å². The van der Waals surface area contributed by atoms with Crippen LogP contribution in [0.1, 0.15) is 25.0 Å². The Hall–Kier alpha value is -0.930. The molecule has 0 radical (unpaired) electrons. The number of hydrogen-bond donors (Lipinski definition) is 1. The number of halogens is 1. The van der Waals surface area contributed by atoms with Gasteiger partial charge in [-0.25, -0.2) is 0 Å². The highest BCUT2D eigenvalue weighted by atomic mass is 35.5. The molecule has 1 rings (SSSR count). The molecular weight excluding hydrogens is 226 g/mol. The first-order valence-electron chi connectivity index (χ1n) is 5.03. The Labute approximate surface area is 101 Å². The molecule has 0 amide bonds.